The number of esters is 1. The van der Waals surface area contributed by atoms with Crippen molar-refractivity contribution in [1.29, 1.82) is 0 Å². The van der Waals surface area contributed by atoms with Crippen molar-refractivity contribution in [2.24, 2.45) is 11.8 Å². The van der Waals surface area contributed by atoms with Gasteiger partial charge in [-0.05, 0) is 44.4 Å². The molecule has 2 rings (SSSR count). The highest BCUT2D eigenvalue weighted by molar-refractivity contribution is 5.81. The third-order valence-corrected chi connectivity index (χ3v) is 4.72. The van der Waals surface area contributed by atoms with E-state index in [1.165, 1.54) is 0 Å². The molecule has 4 heteroatoms. The first-order valence-corrected chi connectivity index (χ1v) is 7.95. The molecular weight excluding hydrogens is 256 g/mol. The van der Waals surface area contributed by atoms with Crippen LogP contribution in [0.4, 0.5) is 0 Å². The largest absolute Gasteiger partial charge is 0.463 e. The summed E-state index contributed by atoms with van der Waals surface area (Å²) in [6.45, 7) is 1.93. The van der Waals surface area contributed by atoms with Gasteiger partial charge in [0.2, 0.25) is 0 Å². The van der Waals surface area contributed by atoms with Crippen LogP contribution in [0.15, 0.2) is 0 Å². The molecule has 1 heterocycles. The maximum Gasteiger partial charge on any atom is 0.306 e. The minimum absolute atomic E-state index is 0.0264. The van der Waals surface area contributed by atoms with Gasteiger partial charge in [0.05, 0.1) is 12.2 Å². The Kier molecular flexibility index (Phi) is 5.58. The number of Topliss-reactive ketones (excluding diaryl/α,β-unsaturated/α-hetero) is 1. The smallest absolute Gasteiger partial charge is 0.306 e. The molecule has 1 aliphatic carbocycles. The van der Waals surface area contributed by atoms with E-state index in [1.54, 1.807) is 0 Å². The van der Waals surface area contributed by atoms with Crippen LogP contribution in [-0.2, 0) is 14.3 Å². The lowest BCUT2D eigenvalue weighted by atomic mass is 9.85. The summed E-state index contributed by atoms with van der Waals surface area (Å²) < 4.78 is 5.33. The lowest BCUT2D eigenvalue weighted by Gasteiger charge is -2.23. The summed E-state index contributed by atoms with van der Waals surface area (Å²) in [6.07, 6.45) is 6.39. The molecule has 1 aliphatic heterocycles. The highest BCUT2D eigenvalue weighted by atomic mass is 16.5. The van der Waals surface area contributed by atoms with Crippen LogP contribution >= 0.6 is 0 Å². The Morgan fingerprint density at radius 2 is 1.80 bits per heavy atom. The Hall–Kier alpha value is -0.900. The topological polar surface area (TPSA) is 63.6 Å². The second-order valence-electron chi connectivity index (χ2n) is 6.42. The number of fused-ring (bicyclic) bond motifs is 1. The zero-order chi connectivity index (χ0) is 14.5. The molecule has 1 saturated carbocycles. The molecule has 20 heavy (non-hydrogen) atoms. The van der Waals surface area contributed by atoms with Crippen molar-refractivity contribution in [3.63, 3.8) is 0 Å². The lowest BCUT2D eigenvalue weighted by Crippen LogP contribution is -2.25. The molecule has 1 saturated heterocycles. The van der Waals surface area contributed by atoms with Gasteiger partial charge in [-0.25, -0.2) is 0 Å². The molecule has 1 N–H and O–H groups in total. The second kappa shape index (κ2) is 7.21. The van der Waals surface area contributed by atoms with Crippen molar-refractivity contribution in [1.82, 2.24) is 0 Å². The van der Waals surface area contributed by atoms with Crippen LogP contribution in [0.5, 0.6) is 0 Å². The van der Waals surface area contributed by atoms with Crippen LogP contribution in [0.3, 0.4) is 0 Å². The van der Waals surface area contributed by atoms with Crippen molar-refractivity contribution in [2.45, 2.75) is 76.9 Å². The fourth-order valence-electron chi connectivity index (χ4n) is 3.56. The number of cyclic esters (lactones) is 1. The Balaban J connectivity index is 1.98. The number of hydrogen-bond acceptors (Lipinski definition) is 4. The van der Waals surface area contributed by atoms with Gasteiger partial charge < -0.3 is 9.84 Å². The van der Waals surface area contributed by atoms with Gasteiger partial charge in [0, 0.05) is 19.3 Å². The molecule has 4 atom stereocenters. The molecule has 114 valence electrons. The molecule has 0 aromatic carbocycles. The van der Waals surface area contributed by atoms with Crippen LogP contribution in [-0.4, -0.2) is 29.1 Å². The molecule has 0 bridgehead atoms. The zero-order valence-electron chi connectivity index (χ0n) is 12.3. The van der Waals surface area contributed by atoms with E-state index in [0.717, 1.165) is 32.1 Å². The highest BCUT2D eigenvalue weighted by Gasteiger charge is 2.37. The van der Waals surface area contributed by atoms with Gasteiger partial charge in [0.25, 0.3) is 0 Å². The first-order valence-electron chi connectivity index (χ1n) is 7.95. The van der Waals surface area contributed by atoms with Gasteiger partial charge in [0.1, 0.15) is 5.78 Å². The number of carbonyl (C=O) groups excluding carboxylic acids is 2. The van der Waals surface area contributed by atoms with Crippen molar-refractivity contribution >= 4 is 11.8 Å². The SMILES string of the molecule is CC1CCCCCC2CC(=O)CC2C(O)CCC(=O)O1. The van der Waals surface area contributed by atoms with Crippen LogP contribution in [0, 0.1) is 11.8 Å². The maximum absolute atomic E-state index is 11.7. The summed E-state index contributed by atoms with van der Waals surface area (Å²) in [4.78, 5) is 23.3. The third-order valence-electron chi connectivity index (χ3n) is 4.72. The van der Waals surface area contributed by atoms with E-state index in [9.17, 15) is 14.7 Å². The molecular formula is C16H26O4. The van der Waals surface area contributed by atoms with Crippen LogP contribution < -0.4 is 0 Å². The van der Waals surface area contributed by atoms with Gasteiger partial charge in [-0.3, -0.25) is 9.59 Å². The molecule has 0 amide bonds. The van der Waals surface area contributed by atoms with Gasteiger partial charge in [-0.15, -0.1) is 0 Å². The van der Waals surface area contributed by atoms with Crippen molar-refractivity contribution in [3.05, 3.63) is 0 Å². The number of hydrogen-bond donors (Lipinski definition) is 1. The standard InChI is InChI=1S/C16H26O4/c1-11-5-3-2-4-6-12-9-13(17)10-14(12)15(18)7-8-16(19)20-11/h11-12,14-15,18H,2-10H2,1H3. The number of aliphatic hydroxyl groups is 1. The molecule has 0 aromatic heterocycles. The minimum Gasteiger partial charge on any atom is -0.463 e. The van der Waals surface area contributed by atoms with Crippen LogP contribution in [0.25, 0.3) is 0 Å². The summed E-state index contributed by atoms with van der Waals surface area (Å²) in [7, 11) is 0. The monoisotopic (exact) mass is 282 g/mol. The molecule has 2 aliphatic rings. The van der Waals surface area contributed by atoms with E-state index in [-0.39, 0.29) is 30.2 Å². The fraction of sp³-hybridized carbons (Fsp3) is 0.875. The molecule has 0 radical (unpaired) electrons. The molecule has 4 nitrogen and oxygen atoms in total. The van der Waals surface area contributed by atoms with Crippen LogP contribution in [0.1, 0.15) is 64.7 Å². The quantitative estimate of drug-likeness (QED) is 0.694. The fourth-order valence-corrected chi connectivity index (χ4v) is 3.56. The Morgan fingerprint density at radius 1 is 1.05 bits per heavy atom. The Morgan fingerprint density at radius 3 is 2.60 bits per heavy atom. The number of aliphatic hydroxyl groups excluding tert-OH is 1. The number of ether oxygens (including phenoxy) is 1. The predicted molar refractivity (Wildman–Crippen MR) is 75.1 cm³/mol. The van der Waals surface area contributed by atoms with Gasteiger partial charge in [-0.2, -0.15) is 0 Å². The van der Waals surface area contributed by atoms with E-state index >= 15 is 0 Å². The average Bonchev–Trinajstić information content (AvgIpc) is 2.76. The maximum atomic E-state index is 11.7. The average molecular weight is 282 g/mol. The summed E-state index contributed by atoms with van der Waals surface area (Å²) in [6, 6.07) is 0. The minimum atomic E-state index is -0.546. The van der Waals surface area contributed by atoms with Crippen molar-refractivity contribution < 1.29 is 19.4 Å². The number of carbonyl (C=O) groups is 2. The number of rotatable bonds is 0. The van der Waals surface area contributed by atoms with E-state index in [1.807, 2.05) is 6.92 Å². The second-order valence-corrected chi connectivity index (χ2v) is 6.42. The first kappa shape index (κ1) is 15.5. The lowest BCUT2D eigenvalue weighted by molar-refractivity contribution is -0.149. The molecule has 4 unspecified atom stereocenters. The molecule has 2 fully saturated rings. The first-order chi connectivity index (χ1) is 9.56. The van der Waals surface area contributed by atoms with Gasteiger partial charge in [-0.1, -0.05) is 12.8 Å². The van der Waals surface area contributed by atoms with E-state index in [4.69, 9.17) is 4.74 Å². The third kappa shape index (κ3) is 4.30. The van der Waals surface area contributed by atoms with Gasteiger partial charge >= 0.3 is 5.97 Å². The summed E-state index contributed by atoms with van der Waals surface area (Å²) >= 11 is 0. The molecule has 0 aromatic rings. The van der Waals surface area contributed by atoms with E-state index in [0.29, 0.717) is 25.2 Å². The van der Waals surface area contributed by atoms with Crippen molar-refractivity contribution in [2.75, 3.05) is 0 Å². The van der Waals surface area contributed by atoms with Crippen LogP contribution in [0.2, 0.25) is 0 Å². The van der Waals surface area contributed by atoms with E-state index in [2.05, 4.69) is 0 Å². The Bertz CT molecular complexity index is 352. The summed E-state index contributed by atoms with van der Waals surface area (Å²) in [5, 5.41) is 10.3. The van der Waals surface area contributed by atoms with Crippen molar-refractivity contribution in [3.8, 4) is 0 Å². The predicted octanol–water partition coefficient (Wildman–Crippen LogP) is 2.62. The zero-order valence-corrected chi connectivity index (χ0v) is 12.3. The number of ketones is 1. The summed E-state index contributed by atoms with van der Waals surface area (Å²) in [5.41, 5.74) is 0. The highest BCUT2D eigenvalue weighted by Crippen LogP contribution is 2.37. The van der Waals surface area contributed by atoms with E-state index < -0.39 is 6.10 Å². The normalized spacial score (nSPS) is 37.3. The Labute approximate surface area is 120 Å². The van der Waals surface area contributed by atoms with Gasteiger partial charge in [0.15, 0.2) is 0 Å². The molecule has 0 spiro atoms. The summed E-state index contributed by atoms with van der Waals surface area (Å²) in [5.74, 6) is 0.402.